The predicted molar refractivity (Wildman–Crippen MR) is 134 cm³/mol. The SMILES string of the molecule is Cc1c(NC(=O)CSc2nnc(-c3ccco3)n2-c2ccc(F)cc2)c(=O)n(-c2ccccc2)n1C. The number of nitrogens with zero attached hydrogens (tertiary/aromatic N) is 5. The Balaban J connectivity index is 1.39. The first-order valence-electron chi connectivity index (χ1n) is 11.0. The van der Waals surface area contributed by atoms with Crippen molar-refractivity contribution in [1.29, 1.82) is 0 Å². The van der Waals surface area contributed by atoms with Gasteiger partial charge in [0.1, 0.15) is 11.5 Å². The highest BCUT2D eigenvalue weighted by Crippen LogP contribution is 2.28. The number of aromatic nitrogens is 5. The van der Waals surface area contributed by atoms with Gasteiger partial charge in [0.05, 0.1) is 29.1 Å². The zero-order chi connectivity index (χ0) is 25.2. The third-order valence-electron chi connectivity index (χ3n) is 5.61. The molecule has 0 fully saturated rings. The number of benzene rings is 2. The Kier molecular flexibility index (Phi) is 6.30. The summed E-state index contributed by atoms with van der Waals surface area (Å²) < 4.78 is 23.9. The van der Waals surface area contributed by atoms with Crippen LogP contribution in [0.5, 0.6) is 0 Å². The highest BCUT2D eigenvalue weighted by Gasteiger charge is 2.21. The van der Waals surface area contributed by atoms with Gasteiger partial charge in [-0.05, 0) is 55.5 Å². The minimum atomic E-state index is -0.376. The predicted octanol–water partition coefficient (Wildman–Crippen LogP) is 4.20. The van der Waals surface area contributed by atoms with E-state index in [1.807, 2.05) is 30.3 Å². The maximum Gasteiger partial charge on any atom is 0.295 e. The first kappa shape index (κ1) is 23.4. The number of carbonyl (C=O) groups is 1. The number of hydrogen-bond donors (Lipinski definition) is 1. The summed E-state index contributed by atoms with van der Waals surface area (Å²) in [4.78, 5) is 25.9. The van der Waals surface area contributed by atoms with Crippen molar-refractivity contribution in [2.24, 2.45) is 7.05 Å². The quantitative estimate of drug-likeness (QED) is 0.334. The first-order chi connectivity index (χ1) is 17.4. The highest BCUT2D eigenvalue weighted by molar-refractivity contribution is 7.99. The largest absolute Gasteiger partial charge is 0.461 e. The van der Waals surface area contributed by atoms with Gasteiger partial charge < -0.3 is 9.73 Å². The van der Waals surface area contributed by atoms with Crippen LogP contribution >= 0.6 is 11.8 Å². The second-order valence-electron chi connectivity index (χ2n) is 7.87. The number of halogens is 1. The summed E-state index contributed by atoms with van der Waals surface area (Å²) in [5, 5.41) is 11.6. The van der Waals surface area contributed by atoms with Gasteiger partial charge in [-0.1, -0.05) is 30.0 Å². The van der Waals surface area contributed by atoms with Crippen LogP contribution in [-0.4, -0.2) is 35.8 Å². The fourth-order valence-electron chi connectivity index (χ4n) is 3.77. The summed E-state index contributed by atoms with van der Waals surface area (Å²) in [7, 11) is 1.76. The molecule has 36 heavy (non-hydrogen) atoms. The smallest absolute Gasteiger partial charge is 0.295 e. The number of nitrogens with one attached hydrogen (secondary N) is 1. The van der Waals surface area contributed by atoms with E-state index in [2.05, 4.69) is 15.5 Å². The van der Waals surface area contributed by atoms with E-state index in [1.54, 1.807) is 47.5 Å². The molecule has 0 spiro atoms. The molecule has 0 atom stereocenters. The van der Waals surface area contributed by atoms with Crippen LogP contribution in [0.3, 0.4) is 0 Å². The number of furan rings is 1. The number of rotatable bonds is 7. The van der Waals surface area contributed by atoms with Crippen LogP contribution in [0.25, 0.3) is 23.0 Å². The Labute approximate surface area is 209 Å². The van der Waals surface area contributed by atoms with Crippen LogP contribution in [0.2, 0.25) is 0 Å². The lowest BCUT2D eigenvalue weighted by atomic mass is 10.3. The highest BCUT2D eigenvalue weighted by atomic mass is 32.2. The maximum absolute atomic E-state index is 13.5. The molecule has 0 aliphatic heterocycles. The van der Waals surface area contributed by atoms with Crippen molar-refractivity contribution in [3.8, 4) is 23.0 Å². The van der Waals surface area contributed by atoms with Crippen LogP contribution in [-0.2, 0) is 11.8 Å². The Bertz CT molecular complexity index is 1570. The molecule has 3 aromatic heterocycles. The lowest BCUT2D eigenvalue weighted by Gasteiger charge is -2.09. The van der Waals surface area contributed by atoms with Crippen molar-refractivity contribution in [2.45, 2.75) is 12.1 Å². The van der Waals surface area contributed by atoms with Crippen molar-refractivity contribution in [2.75, 3.05) is 11.1 Å². The molecule has 5 rings (SSSR count). The van der Waals surface area contributed by atoms with E-state index >= 15 is 0 Å². The molecule has 0 aliphatic carbocycles. The number of hydrogen-bond acceptors (Lipinski definition) is 6. The Morgan fingerprint density at radius 1 is 1.03 bits per heavy atom. The monoisotopic (exact) mass is 504 g/mol. The maximum atomic E-state index is 13.5. The van der Waals surface area contributed by atoms with Gasteiger partial charge in [-0.15, -0.1) is 10.2 Å². The van der Waals surface area contributed by atoms with Crippen LogP contribution in [0.1, 0.15) is 5.69 Å². The normalized spacial score (nSPS) is 11.1. The average Bonchev–Trinajstić information content (AvgIpc) is 3.60. The fraction of sp³-hybridized carbons (Fsp3) is 0.120. The summed E-state index contributed by atoms with van der Waals surface area (Å²) in [6, 6.07) is 18.5. The number of para-hydroxylation sites is 1. The Morgan fingerprint density at radius 3 is 2.47 bits per heavy atom. The second kappa shape index (κ2) is 9.70. The molecule has 3 heterocycles. The van der Waals surface area contributed by atoms with Gasteiger partial charge in [0.2, 0.25) is 11.7 Å². The molecule has 1 N–H and O–H groups in total. The molecular formula is C25H21FN6O3S. The van der Waals surface area contributed by atoms with Gasteiger partial charge in [0.15, 0.2) is 10.9 Å². The van der Waals surface area contributed by atoms with Crippen LogP contribution in [0, 0.1) is 12.7 Å². The molecule has 11 heteroatoms. The summed E-state index contributed by atoms with van der Waals surface area (Å²) in [5.74, 6) is 0.110. The summed E-state index contributed by atoms with van der Waals surface area (Å²) >= 11 is 1.14. The zero-order valence-corrected chi connectivity index (χ0v) is 20.2. The standard InChI is InChI=1S/C25H21FN6O3S/c1-16-22(24(34)32(30(16)2)19-7-4-3-5-8-19)27-21(33)15-36-25-29-28-23(20-9-6-14-35-20)31(25)18-12-10-17(26)11-13-18/h3-14H,15H2,1-2H3,(H,27,33). The van der Waals surface area contributed by atoms with Gasteiger partial charge in [-0.3, -0.25) is 18.8 Å². The number of anilines is 1. The first-order valence-corrected chi connectivity index (χ1v) is 11.9. The molecule has 0 bridgehead atoms. The van der Waals surface area contributed by atoms with Crippen LogP contribution < -0.4 is 10.9 Å². The van der Waals surface area contributed by atoms with Crippen molar-refractivity contribution in [3.05, 3.63) is 94.9 Å². The van der Waals surface area contributed by atoms with Crippen molar-refractivity contribution >= 4 is 23.4 Å². The molecule has 9 nitrogen and oxygen atoms in total. The van der Waals surface area contributed by atoms with Gasteiger partial charge in [-0.25, -0.2) is 9.07 Å². The van der Waals surface area contributed by atoms with Crippen LogP contribution in [0.4, 0.5) is 10.1 Å². The molecular weight excluding hydrogens is 483 g/mol. The minimum Gasteiger partial charge on any atom is -0.461 e. The number of thioether (sulfide) groups is 1. The van der Waals surface area contributed by atoms with E-state index in [1.165, 1.54) is 23.1 Å². The van der Waals surface area contributed by atoms with Gasteiger partial charge in [0, 0.05) is 7.05 Å². The van der Waals surface area contributed by atoms with Crippen molar-refractivity contribution in [3.63, 3.8) is 0 Å². The Hall–Kier alpha value is -4.38. The van der Waals surface area contributed by atoms with E-state index in [0.29, 0.717) is 33.8 Å². The molecule has 0 saturated heterocycles. The summed E-state index contributed by atoms with van der Waals surface area (Å²) in [5.41, 5.74) is 1.82. The van der Waals surface area contributed by atoms with E-state index in [0.717, 1.165) is 11.8 Å². The van der Waals surface area contributed by atoms with Crippen LogP contribution in [0.15, 0.2) is 87.4 Å². The van der Waals surface area contributed by atoms with E-state index in [4.69, 9.17) is 4.42 Å². The van der Waals surface area contributed by atoms with Gasteiger partial charge >= 0.3 is 0 Å². The molecule has 0 unspecified atom stereocenters. The molecule has 0 radical (unpaired) electrons. The third-order valence-corrected chi connectivity index (χ3v) is 6.54. The molecule has 2 aromatic carbocycles. The third kappa shape index (κ3) is 4.36. The topological polar surface area (TPSA) is 99.9 Å². The number of carbonyl (C=O) groups excluding carboxylic acids is 1. The summed E-state index contributed by atoms with van der Waals surface area (Å²) in [6.45, 7) is 1.77. The molecule has 5 aromatic rings. The lowest BCUT2D eigenvalue weighted by Crippen LogP contribution is -2.23. The van der Waals surface area contributed by atoms with E-state index in [-0.39, 0.29) is 28.7 Å². The Morgan fingerprint density at radius 2 is 1.78 bits per heavy atom. The van der Waals surface area contributed by atoms with E-state index < -0.39 is 0 Å². The lowest BCUT2D eigenvalue weighted by molar-refractivity contribution is -0.113. The molecule has 0 saturated carbocycles. The zero-order valence-electron chi connectivity index (χ0n) is 19.4. The summed E-state index contributed by atoms with van der Waals surface area (Å²) in [6.07, 6.45) is 1.52. The number of amides is 1. The molecule has 0 aliphatic rings. The van der Waals surface area contributed by atoms with Gasteiger partial charge in [-0.2, -0.15) is 0 Å². The van der Waals surface area contributed by atoms with E-state index in [9.17, 15) is 14.0 Å². The van der Waals surface area contributed by atoms with Gasteiger partial charge in [0.25, 0.3) is 5.56 Å². The molecule has 1 amide bonds. The van der Waals surface area contributed by atoms with Crippen molar-refractivity contribution < 1.29 is 13.6 Å². The minimum absolute atomic E-state index is 0.0312. The second-order valence-corrected chi connectivity index (χ2v) is 8.81. The molecule has 182 valence electrons. The van der Waals surface area contributed by atoms with Crippen molar-refractivity contribution in [1.82, 2.24) is 24.1 Å². The average molecular weight is 505 g/mol. The fourth-order valence-corrected chi connectivity index (χ4v) is 4.52.